The van der Waals surface area contributed by atoms with Gasteiger partial charge in [0.05, 0.1) is 10.3 Å². The molecule has 0 amide bonds. The zero-order valence-corrected chi connectivity index (χ0v) is 13.2. The molecule has 2 rings (SSSR count). The van der Waals surface area contributed by atoms with Crippen LogP contribution in [0.2, 0.25) is 5.02 Å². The Kier molecular flexibility index (Phi) is 4.88. The lowest BCUT2D eigenvalue weighted by Crippen LogP contribution is -2.44. The van der Waals surface area contributed by atoms with E-state index in [0.717, 1.165) is 0 Å². The molecule has 0 aromatic carbocycles. The van der Waals surface area contributed by atoms with Gasteiger partial charge in [0.1, 0.15) is 6.10 Å². The van der Waals surface area contributed by atoms with Crippen LogP contribution in [0.1, 0.15) is 26.7 Å². The van der Waals surface area contributed by atoms with Crippen molar-refractivity contribution in [2.45, 2.75) is 38.0 Å². The fourth-order valence-corrected chi connectivity index (χ4v) is 3.53. The minimum atomic E-state index is -3.16. The third-order valence-corrected chi connectivity index (χ3v) is 5.84. The molecule has 7 heteroatoms. The Hall–Kier alpha value is -0.850. The van der Waals surface area contributed by atoms with Crippen molar-refractivity contribution in [3.05, 3.63) is 23.4 Å². The van der Waals surface area contributed by atoms with Crippen LogP contribution in [0, 0.1) is 0 Å². The van der Waals surface area contributed by atoms with Crippen LogP contribution in [0.15, 0.2) is 18.3 Å². The number of hydrogen-bond donors (Lipinski definition) is 0. The number of hydrogen-bond acceptors (Lipinski definition) is 4. The predicted octanol–water partition coefficient (Wildman–Crippen LogP) is 2.32. The van der Waals surface area contributed by atoms with Gasteiger partial charge in [-0.2, -0.15) is 0 Å². The molecule has 1 aliphatic heterocycles. The molecule has 20 heavy (non-hydrogen) atoms. The maximum Gasteiger partial charge on any atom is 0.216 e. The van der Waals surface area contributed by atoms with Gasteiger partial charge in [-0.05, 0) is 32.8 Å². The van der Waals surface area contributed by atoms with Gasteiger partial charge >= 0.3 is 0 Å². The van der Waals surface area contributed by atoms with Crippen LogP contribution in [0.25, 0.3) is 0 Å². The quantitative estimate of drug-likeness (QED) is 0.855. The molecule has 1 aromatic rings. The summed E-state index contributed by atoms with van der Waals surface area (Å²) in [6, 6.07) is 3.45. The number of rotatable bonds is 4. The molecule has 112 valence electrons. The third kappa shape index (κ3) is 3.62. The van der Waals surface area contributed by atoms with E-state index in [1.807, 2.05) is 0 Å². The summed E-state index contributed by atoms with van der Waals surface area (Å²) in [6.45, 7) is 4.41. The molecule has 0 bridgehead atoms. The number of halogens is 1. The van der Waals surface area contributed by atoms with E-state index in [4.69, 9.17) is 16.3 Å². The highest BCUT2D eigenvalue weighted by Gasteiger charge is 2.30. The fourth-order valence-electron chi connectivity index (χ4n) is 2.11. The molecule has 1 fully saturated rings. The molecule has 1 saturated heterocycles. The first kappa shape index (κ1) is 15.5. The first-order chi connectivity index (χ1) is 9.39. The summed E-state index contributed by atoms with van der Waals surface area (Å²) in [6.07, 6.45) is 2.89. The van der Waals surface area contributed by atoms with Crippen molar-refractivity contribution in [1.29, 1.82) is 0 Å². The monoisotopic (exact) mass is 318 g/mol. The normalized spacial score (nSPS) is 18.4. The second kappa shape index (κ2) is 6.28. The summed E-state index contributed by atoms with van der Waals surface area (Å²) in [4.78, 5) is 4.08. The second-order valence-corrected chi connectivity index (χ2v) is 8.05. The lowest BCUT2D eigenvalue weighted by molar-refractivity contribution is 0.129. The van der Waals surface area contributed by atoms with Gasteiger partial charge in [-0.15, -0.1) is 0 Å². The fraction of sp³-hybridized carbons (Fsp3) is 0.615. The van der Waals surface area contributed by atoms with Gasteiger partial charge in [-0.25, -0.2) is 17.7 Å². The standard InChI is InChI=1S/C13H19ClN2O3S/c1-10(2)20(17,18)16-7-5-12(6-8-16)19-13-4-3-11(14)9-15-13/h3-4,9-10,12H,5-8H2,1-2H3. The molecule has 0 aliphatic carbocycles. The van der Waals surface area contributed by atoms with Crippen LogP contribution in [0.4, 0.5) is 0 Å². The summed E-state index contributed by atoms with van der Waals surface area (Å²) in [5.74, 6) is 0.527. The van der Waals surface area contributed by atoms with Crippen molar-refractivity contribution in [3.63, 3.8) is 0 Å². The molecule has 0 N–H and O–H groups in total. The molecule has 5 nitrogen and oxygen atoms in total. The van der Waals surface area contributed by atoms with E-state index in [2.05, 4.69) is 4.98 Å². The Morgan fingerprint density at radius 3 is 2.50 bits per heavy atom. The smallest absolute Gasteiger partial charge is 0.216 e. The summed E-state index contributed by atoms with van der Waals surface area (Å²) < 4.78 is 31.4. The SMILES string of the molecule is CC(C)S(=O)(=O)N1CCC(Oc2ccc(Cl)cn2)CC1. The molecule has 0 radical (unpaired) electrons. The lowest BCUT2D eigenvalue weighted by Gasteiger charge is -2.32. The summed E-state index contributed by atoms with van der Waals surface area (Å²) in [5.41, 5.74) is 0. The predicted molar refractivity (Wildman–Crippen MR) is 78.5 cm³/mol. The molecular weight excluding hydrogens is 300 g/mol. The molecule has 0 saturated carbocycles. The average Bonchev–Trinajstić information content (AvgIpc) is 2.42. The van der Waals surface area contributed by atoms with E-state index in [0.29, 0.717) is 36.8 Å². The summed E-state index contributed by atoms with van der Waals surface area (Å²) >= 11 is 5.76. The van der Waals surface area contributed by atoms with Crippen LogP contribution in [0.3, 0.4) is 0 Å². The Labute approximate surface area is 125 Å². The van der Waals surface area contributed by atoms with Crippen LogP contribution in [-0.4, -0.2) is 42.2 Å². The van der Waals surface area contributed by atoms with Crippen molar-refractivity contribution in [3.8, 4) is 5.88 Å². The van der Waals surface area contributed by atoms with E-state index in [1.165, 1.54) is 6.20 Å². The van der Waals surface area contributed by atoms with Crippen molar-refractivity contribution in [2.24, 2.45) is 0 Å². The number of aromatic nitrogens is 1. The number of piperidine rings is 1. The third-order valence-electron chi connectivity index (χ3n) is 3.34. The minimum Gasteiger partial charge on any atom is -0.474 e. The largest absolute Gasteiger partial charge is 0.474 e. The second-order valence-electron chi connectivity index (χ2n) is 5.12. The van der Waals surface area contributed by atoms with Crippen LogP contribution < -0.4 is 4.74 Å². The van der Waals surface area contributed by atoms with Gasteiger partial charge < -0.3 is 4.74 Å². The van der Waals surface area contributed by atoms with E-state index < -0.39 is 10.0 Å². The maximum atomic E-state index is 12.0. The van der Waals surface area contributed by atoms with Crippen molar-refractivity contribution in [2.75, 3.05) is 13.1 Å². The summed E-state index contributed by atoms with van der Waals surface area (Å²) in [7, 11) is -3.16. The highest BCUT2D eigenvalue weighted by molar-refractivity contribution is 7.89. The highest BCUT2D eigenvalue weighted by Crippen LogP contribution is 2.21. The zero-order chi connectivity index (χ0) is 14.8. The topological polar surface area (TPSA) is 59.5 Å². The van der Waals surface area contributed by atoms with Gasteiger partial charge in [0, 0.05) is 25.4 Å². The molecular formula is C13H19ClN2O3S. The van der Waals surface area contributed by atoms with Crippen LogP contribution in [0.5, 0.6) is 5.88 Å². The molecule has 1 aromatic heterocycles. The molecule has 2 heterocycles. The first-order valence-electron chi connectivity index (χ1n) is 6.67. The lowest BCUT2D eigenvalue weighted by atomic mass is 10.1. The van der Waals surface area contributed by atoms with Crippen LogP contribution in [-0.2, 0) is 10.0 Å². The van der Waals surface area contributed by atoms with Gasteiger partial charge in [0.15, 0.2) is 0 Å². The van der Waals surface area contributed by atoms with Crippen molar-refractivity contribution >= 4 is 21.6 Å². The van der Waals surface area contributed by atoms with E-state index in [1.54, 1.807) is 30.3 Å². The van der Waals surface area contributed by atoms with Gasteiger partial charge in [-0.3, -0.25) is 0 Å². The Morgan fingerprint density at radius 2 is 2.00 bits per heavy atom. The Morgan fingerprint density at radius 1 is 1.35 bits per heavy atom. The molecule has 1 aliphatic rings. The zero-order valence-electron chi connectivity index (χ0n) is 11.6. The number of nitrogens with zero attached hydrogens (tertiary/aromatic N) is 2. The number of pyridine rings is 1. The number of sulfonamides is 1. The minimum absolute atomic E-state index is 0.00212. The van der Waals surface area contributed by atoms with Gasteiger partial charge in [0.2, 0.25) is 15.9 Å². The van der Waals surface area contributed by atoms with Gasteiger partial charge in [0.25, 0.3) is 0 Å². The summed E-state index contributed by atoms with van der Waals surface area (Å²) in [5, 5.41) is 0.188. The maximum absolute atomic E-state index is 12.0. The van der Waals surface area contributed by atoms with E-state index in [9.17, 15) is 8.42 Å². The van der Waals surface area contributed by atoms with Crippen molar-refractivity contribution in [1.82, 2.24) is 9.29 Å². The molecule has 0 atom stereocenters. The Bertz CT molecular complexity index is 537. The first-order valence-corrected chi connectivity index (χ1v) is 8.55. The number of ether oxygens (including phenoxy) is 1. The highest BCUT2D eigenvalue weighted by atomic mass is 35.5. The van der Waals surface area contributed by atoms with Crippen LogP contribution >= 0.6 is 11.6 Å². The average molecular weight is 319 g/mol. The molecule has 0 spiro atoms. The van der Waals surface area contributed by atoms with E-state index in [-0.39, 0.29) is 11.4 Å². The molecule has 0 unspecified atom stereocenters. The van der Waals surface area contributed by atoms with Crippen molar-refractivity contribution < 1.29 is 13.2 Å². The Balaban J connectivity index is 1.90. The van der Waals surface area contributed by atoms with E-state index >= 15 is 0 Å². The van der Waals surface area contributed by atoms with Gasteiger partial charge in [-0.1, -0.05) is 11.6 Å².